The van der Waals surface area contributed by atoms with Crippen molar-refractivity contribution in [3.63, 3.8) is 0 Å². The largest absolute Gasteiger partial charge is 0.462 e. The van der Waals surface area contributed by atoms with Crippen LogP contribution in [0.1, 0.15) is 162 Å². The Morgan fingerprint density at radius 2 is 1.29 bits per heavy atom. The van der Waals surface area contributed by atoms with E-state index in [0.29, 0.717) is 25.8 Å². The minimum absolute atomic E-state index is 0.0657. The number of nitrogens with zero attached hydrogens (tertiary/aromatic N) is 1. The molecular weight excluding hydrogens is 518 g/mol. The van der Waals surface area contributed by atoms with E-state index in [4.69, 9.17) is 14.6 Å². The van der Waals surface area contributed by atoms with Crippen LogP contribution in [-0.2, 0) is 23.9 Å². The van der Waals surface area contributed by atoms with Gasteiger partial charge in [0.15, 0.2) is 0 Å². The number of aliphatic hydroxyl groups is 1. The second-order valence-corrected chi connectivity index (χ2v) is 12.1. The predicted molar refractivity (Wildman–Crippen MR) is 166 cm³/mol. The summed E-state index contributed by atoms with van der Waals surface area (Å²) in [4.78, 5) is 38.4. The highest BCUT2D eigenvalue weighted by Gasteiger charge is 2.33. The van der Waals surface area contributed by atoms with Crippen LogP contribution in [0.15, 0.2) is 0 Å². The van der Waals surface area contributed by atoms with Crippen LogP contribution in [0.2, 0.25) is 0 Å². The number of unbranched alkanes of at least 4 members (excludes halogenated alkanes) is 14. The topological polar surface area (TPSA) is 93.1 Å². The predicted octanol–water partition coefficient (Wildman–Crippen LogP) is 7.70. The van der Waals surface area contributed by atoms with Crippen molar-refractivity contribution in [1.82, 2.24) is 4.90 Å². The molecule has 41 heavy (non-hydrogen) atoms. The number of likely N-dealkylation sites (tertiary alicyclic amines) is 1. The Morgan fingerprint density at radius 3 is 1.88 bits per heavy atom. The Hall–Kier alpha value is -1.47. The molecule has 1 rings (SSSR count). The summed E-state index contributed by atoms with van der Waals surface area (Å²) in [6.45, 7) is 6.06. The standard InChI is InChI=1S/C34H63NO6/c1-3-5-7-9-11-16-22-31(21-15-10-8-6-4-2)40-33(38)23-17-12-13-18-24-34(39)41-32-27-30(29-37)35(28-32)25-19-14-20-26-36/h29-32,36H,3-28H2,1-2H3. The number of aldehydes is 1. The van der Waals surface area contributed by atoms with Crippen LogP contribution >= 0.6 is 0 Å². The highest BCUT2D eigenvalue weighted by Crippen LogP contribution is 2.21. The van der Waals surface area contributed by atoms with Crippen molar-refractivity contribution in [3.05, 3.63) is 0 Å². The zero-order chi connectivity index (χ0) is 30.0. The molecule has 7 nitrogen and oxygen atoms in total. The lowest BCUT2D eigenvalue weighted by molar-refractivity contribution is -0.150. The van der Waals surface area contributed by atoms with E-state index in [9.17, 15) is 14.4 Å². The van der Waals surface area contributed by atoms with Crippen LogP contribution in [0.5, 0.6) is 0 Å². The molecule has 1 aliphatic rings. The summed E-state index contributed by atoms with van der Waals surface area (Å²) < 4.78 is 11.6. The van der Waals surface area contributed by atoms with Crippen LogP contribution in [0.3, 0.4) is 0 Å². The molecule has 240 valence electrons. The molecule has 1 fully saturated rings. The zero-order valence-corrected chi connectivity index (χ0v) is 26.6. The number of esters is 2. The summed E-state index contributed by atoms with van der Waals surface area (Å²) in [6.07, 6.45) is 23.8. The van der Waals surface area contributed by atoms with E-state index < -0.39 is 0 Å². The Kier molecular flexibility index (Phi) is 24.0. The van der Waals surface area contributed by atoms with Crippen molar-refractivity contribution >= 4 is 18.2 Å². The van der Waals surface area contributed by atoms with E-state index >= 15 is 0 Å². The Balaban J connectivity index is 2.20. The fourth-order valence-electron chi connectivity index (χ4n) is 5.75. The summed E-state index contributed by atoms with van der Waals surface area (Å²) in [5.41, 5.74) is 0. The number of hydrogen-bond acceptors (Lipinski definition) is 7. The maximum atomic E-state index is 12.5. The van der Waals surface area contributed by atoms with Crippen LogP contribution in [0.25, 0.3) is 0 Å². The van der Waals surface area contributed by atoms with Gasteiger partial charge in [0, 0.05) is 32.4 Å². The van der Waals surface area contributed by atoms with E-state index in [2.05, 4.69) is 18.7 Å². The molecule has 0 saturated carbocycles. The average Bonchev–Trinajstić information content (AvgIpc) is 3.35. The minimum atomic E-state index is -0.221. The normalized spacial score (nSPS) is 17.9. The van der Waals surface area contributed by atoms with Gasteiger partial charge in [-0.3, -0.25) is 14.5 Å². The van der Waals surface area contributed by atoms with Crippen LogP contribution in [0.4, 0.5) is 0 Å². The molecule has 0 aromatic heterocycles. The lowest BCUT2D eigenvalue weighted by Crippen LogP contribution is -2.32. The second-order valence-electron chi connectivity index (χ2n) is 12.1. The van der Waals surface area contributed by atoms with E-state index in [1.165, 1.54) is 57.8 Å². The number of carbonyl (C=O) groups excluding carboxylic acids is 3. The molecule has 0 aromatic carbocycles. The zero-order valence-electron chi connectivity index (χ0n) is 26.6. The molecule has 1 heterocycles. The van der Waals surface area contributed by atoms with Gasteiger partial charge in [-0.15, -0.1) is 0 Å². The van der Waals surface area contributed by atoms with Crippen molar-refractivity contribution in [1.29, 1.82) is 0 Å². The molecule has 1 N–H and O–H groups in total. The van der Waals surface area contributed by atoms with E-state index in [-0.39, 0.29) is 36.8 Å². The van der Waals surface area contributed by atoms with E-state index in [0.717, 1.165) is 83.5 Å². The minimum Gasteiger partial charge on any atom is -0.462 e. The molecular formula is C34H63NO6. The fourth-order valence-corrected chi connectivity index (χ4v) is 5.75. The summed E-state index contributed by atoms with van der Waals surface area (Å²) in [5, 5.41) is 8.92. The molecule has 1 saturated heterocycles. The number of ether oxygens (including phenoxy) is 2. The van der Waals surface area contributed by atoms with E-state index in [1.807, 2.05) is 0 Å². The van der Waals surface area contributed by atoms with Gasteiger partial charge in [-0.1, -0.05) is 84.5 Å². The lowest BCUT2D eigenvalue weighted by atomic mass is 10.0. The first-order chi connectivity index (χ1) is 20.0. The number of aliphatic hydroxyl groups excluding tert-OH is 1. The van der Waals surface area contributed by atoms with Crippen molar-refractivity contribution < 1.29 is 29.0 Å². The van der Waals surface area contributed by atoms with Gasteiger partial charge in [0.25, 0.3) is 0 Å². The maximum Gasteiger partial charge on any atom is 0.306 e. The molecule has 0 aliphatic carbocycles. The van der Waals surface area contributed by atoms with Gasteiger partial charge in [0.2, 0.25) is 0 Å². The molecule has 0 aromatic rings. The van der Waals surface area contributed by atoms with Crippen molar-refractivity contribution in [2.24, 2.45) is 0 Å². The summed E-state index contributed by atoms with van der Waals surface area (Å²) >= 11 is 0. The first-order valence-electron chi connectivity index (χ1n) is 17.2. The third kappa shape index (κ3) is 20.1. The fraction of sp³-hybridized carbons (Fsp3) is 0.912. The van der Waals surface area contributed by atoms with Gasteiger partial charge < -0.3 is 19.4 Å². The molecule has 7 heteroatoms. The van der Waals surface area contributed by atoms with Gasteiger partial charge in [-0.25, -0.2) is 0 Å². The molecule has 3 atom stereocenters. The highest BCUT2D eigenvalue weighted by molar-refractivity contribution is 5.70. The van der Waals surface area contributed by atoms with Crippen molar-refractivity contribution in [3.8, 4) is 0 Å². The van der Waals surface area contributed by atoms with Crippen molar-refractivity contribution in [2.75, 3.05) is 19.7 Å². The summed E-state index contributed by atoms with van der Waals surface area (Å²) in [7, 11) is 0. The van der Waals surface area contributed by atoms with E-state index in [1.54, 1.807) is 0 Å². The Bertz CT molecular complexity index is 657. The van der Waals surface area contributed by atoms with Gasteiger partial charge in [-0.2, -0.15) is 0 Å². The quantitative estimate of drug-likeness (QED) is 0.0575. The number of hydrogen-bond donors (Lipinski definition) is 1. The van der Waals surface area contributed by atoms with Gasteiger partial charge in [0.05, 0.1) is 6.04 Å². The molecule has 0 spiro atoms. The highest BCUT2D eigenvalue weighted by atomic mass is 16.5. The van der Waals surface area contributed by atoms with Gasteiger partial charge in [0.1, 0.15) is 18.5 Å². The monoisotopic (exact) mass is 581 g/mol. The SMILES string of the molecule is CCCCCCCCC(CCCCCCC)OC(=O)CCCCCCC(=O)OC1CC(C=O)N(CCCCCO)C1. The third-order valence-corrected chi connectivity index (χ3v) is 8.29. The first-order valence-corrected chi connectivity index (χ1v) is 17.2. The number of rotatable bonds is 28. The van der Waals surface area contributed by atoms with Crippen molar-refractivity contribution in [2.45, 2.75) is 180 Å². The molecule has 3 unspecified atom stereocenters. The Morgan fingerprint density at radius 1 is 0.756 bits per heavy atom. The lowest BCUT2D eigenvalue weighted by Gasteiger charge is -2.19. The van der Waals surface area contributed by atoms with Gasteiger partial charge in [-0.05, 0) is 64.3 Å². The second kappa shape index (κ2) is 26.2. The molecule has 0 amide bonds. The summed E-state index contributed by atoms with van der Waals surface area (Å²) in [5.74, 6) is -0.265. The van der Waals surface area contributed by atoms with Crippen LogP contribution in [-0.4, -0.2) is 66.2 Å². The molecule has 1 aliphatic heterocycles. The average molecular weight is 582 g/mol. The Labute approximate surface area is 251 Å². The molecule has 0 bridgehead atoms. The summed E-state index contributed by atoms with van der Waals surface area (Å²) in [6, 6.07) is -0.187. The van der Waals surface area contributed by atoms with Crippen LogP contribution in [0, 0.1) is 0 Å². The molecule has 0 radical (unpaired) electrons. The maximum absolute atomic E-state index is 12.5. The first kappa shape index (κ1) is 37.6. The smallest absolute Gasteiger partial charge is 0.306 e. The number of carbonyl (C=O) groups is 3. The van der Waals surface area contributed by atoms with Crippen LogP contribution < -0.4 is 0 Å². The van der Waals surface area contributed by atoms with Gasteiger partial charge >= 0.3 is 11.9 Å². The third-order valence-electron chi connectivity index (χ3n) is 8.29.